The normalized spacial score (nSPS) is 17.3. The number of aromatic nitrogens is 5. The van der Waals surface area contributed by atoms with Crippen molar-refractivity contribution in [2.75, 3.05) is 18.4 Å². The smallest absolute Gasteiger partial charge is 0.411 e. The van der Waals surface area contributed by atoms with Crippen molar-refractivity contribution < 1.29 is 23.8 Å². The zero-order valence-electron chi connectivity index (χ0n) is 22.2. The Balaban J connectivity index is 1.22. The predicted octanol–water partition coefficient (Wildman–Crippen LogP) is 3.32. The van der Waals surface area contributed by atoms with E-state index in [-0.39, 0.29) is 18.8 Å². The number of nitrogens with one attached hydrogen (secondary N) is 2. The third kappa shape index (κ3) is 6.02. The maximum absolute atomic E-state index is 14.1. The summed E-state index contributed by atoms with van der Waals surface area (Å²) in [6, 6.07) is 3.67. The Morgan fingerprint density at radius 2 is 2.05 bits per heavy atom. The number of carbonyl (C=O) groups excluding carboxylic acids is 2. The fraction of sp³-hybridized carbons (Fsp3) is 0.385. The number of halogens is 1. The van der Waals surface area contributed by atoms with Crippen LogP contribution in [0, 0.1) is 5.82 Å². The monoisotopic (exact) mass is 568 g/mol. The highest BCUT2D eigenvalue weighted by Crippen LogP contribution is 2.31. The largest absolute Gasteiger partial charge is 0.444 e. The number of hydrogen-bond acceptors (Lipinski definition) is 10. The molecule has 0 saturated carbocycles. The molecule has 0 radical (unpaired) electrons. The van der Waals surface area contributed by atoms with E-state index in [9.17, 15) is 19.1 Å². The van der Waals surface area contributed by atoms with Crippen LogP contribution >= 0.6 is 11.3 Å². The van der Waals surface area contributed by atoms with Crippen LogP contribution in [0.3, 0.4) is 0 Å². The molecule has 0 unspecified atom stereocenters. The number of ether oxygens (including phenoxy) is 1. The van der Waals surface area contributed by atoms with Gasteiger partial charge in [0.05, 0.1) is 29.0 Å². The number of rotatable bonds is 7. The average molecular weight is 569 g/mol. The molecule has 12 nitrogen and oxygen atoms in total. The number of aliphatic hydroxyl groups is 1. The second-order valence-corrected chi connectivity index (χ2v) is 11.3. The molecule has 4 aromatic heterocycles. The molecule has 5 rings (SSSR count). The summed E-state index contributed by atoms with van der Waals surface area (Å²) >= 11 is 1.25. The Hall–Kier alpha value is -4.17. The fourth-order valence-electron chi connectivity index (χ4n) is 4.35. The van der Waals surface area contributed by atoms with Crippen molar-refractivity contribution in [2.24, 2.45) is 0 Å². The summed E-state index contributed by atoms with van der Waals surface area (Å²) in [7, 11) is 0. The van der Waals surface area contributed by atoms with Gasteiger partial charge in [-0.15, -0.1) is 0 Å². The lowest BCUT2D eigenvalue weighted by Gasteiger charge is -2.28. The van der Waals surface area contributed by atoms with Gasteiger partial charge in [0.1, 0.15) is 34.5 Å². The molecule has 2 amide bonds. The van der Waals surface area contributed by atoms with E-state index in [1.165, 1.54) is 34.6 Å². The van der Waals surface area contributed by atoms with Crippen LogP contribution in [0.1, 0.15) is 27.2 Å². The average Bonchev–Trinajstić information content (AvgIpc) is 3.62. The molecular formula is C26H29FN8O4S. The van der Waals surface area contributed by atoms with Gasteiger partial charge in [-0.05, 0) is 39.3 Å². The van der Waals surface area contributed by atoms with E-state index in [2.05, 4.69) is 30.6 Å². The number of anilines is 2. The molecule has 0 bridgehead atoms. The first-order chi connectivity index (χ1) is 19.1. The Morgan fingerprint density at radius 3 is 2.83 bits per heavy atom. The number of aliphatic hydroxyl groups excluding tert-OH is 1. The zero-order chi connectivity index (χ0) is 28.4. The molecule has 0 aliphatic carbocycles. The molecular weight excluding hydrogens is 539 g/mol. The zero-order valence-corrected chi connectivity index (χ0v) is 23.0. The lowest BCUT2D eigenvalue weighted by molar-refractivity contribution is -0.128. The van der Waals surface area contributed by atoms with Gasteiger partial charge in [-0.1, -0.05) is 11.3 Å². The van der Waals surface area contributed by atoms with Crippen LogP contribution in [0.4, 0.5) is 20.1 Å². The van der Waals surface area contributed by atoms with Crippen LogP contribution in [0.2, 0.25) is 0 Å². The van der Waals surface area contributed by atoms with E-state index < -0.39 is 35.6 Å². The Bertz CT molecular complexity index is 1530. The van der Waals surface area contributed by atoms with E-state index in [4.69, 9.17) is 4.74 Å². The first-order valence-electron chi connectivity index (χ1n) is 12.7. The number of likely N-dealkylation sites (tertiary alicyclic amines) is 1. The molecule has 210 valence electrons. The number of thiazole rings is 1. The molecule has 1 aliphatic rings. The molecule has 14 heteroatoms. The van der Waals surface area contributed by atoms with Gasteiger partial charge in [0.15, 0.2) is 5.13 Å². The summed E-state index contributed by atoms with van der Waals surface area (Å²) in [5.74, 6) is -0.357. The maximum atomic E-state index is 14.1. The summed E-state index contributed by atoms with van der Waals surface area (Å²) in [6.07, 6.45) is 5.03. The van der Waals surface area contributed by atoms with Gasteiger partial charge in [0.2, 0.25) is 5.91 Å². The van der Waals surface area contributed by atoms with Crippen molar-refractivity contribution in [3.05, 3.63) is 48.9 Å². The quantitative estimate of drug-likeness (QED) is 0.305. The van der Waals surface area contributed by atoms with Crippen molar-refractivity contribution in [1.29, 1.82) is 0 Å². The third-order valence-corrected chi connectivity index (χ3v) is 7.07. The van der Waals surface area contributed by atoms with Crippen LogP contribution in [-0.2, 0) is 16.1 Å². The van der Waals surface area contributed by atoms with E-state index in [0.717, 1.165) is 5.52 Å². The molecule has 4 aromatic rings. The standard InChI is InChI=1S/C26H29FN8O4S/c1-26(2,3)39-25(38)35-9-6-18(36)22(35)23(37)29-8-10-34-14-32-16-12-30-20(11-17(16)34)33-24-31-13-19(40-24)21-15(27)5-4-7-28-21/h4-5,7,11-14,18,22,36H,6,8-10H2,1-3H3,(H,29,37)(H,30,31,33)/t18-,22-/m0/s1. The topological polar surface area (TPSA) is 147 Å². The van der Waals surface area contributed by atoms with E-state index in [0.29, 0.717) is 34.3 Å². The molecule has 1 fully saturated rings. The number of carbonyl (C=O) groups is 2. The van der Waals surface area contributed by atoms with E-state index in [1.54, 1.807) is 45.6 Å². The van der Waals surface area contributed by atoms with Crippen molar-refractivity contribution in [2.45, 2.75) is 51.5 Å². The Labute approximate surface area is 233 Å². The van der Waals surface area contributed by atoms with Gasteiger partial charge >= 0.3 is 6.09 Å². The number of fused-ring (bicyclic) bond motifs is 1. The predicted molar refractivity (Wildman–Crippen MR) is 146 cm³/mol. The second-order valence-electron chi connectivity index (χ2n) is 10.3. The highest BCUT2D eigenvalue weighted by Gasteiger charge is 2.42. The summed E-state index contributed by atoms with van der Waals surface area (Å²) < 4.78 is 21.3. The van der Waals surface area contributed by atoms with Gasteiger partial charge in [-0.25, -0.2) is 24.1 Å². The summed E-state index contributed by atoms with van der Waals surface area (Å²) in [5, 5.41) is 16.8. The summed E-state index contributed by atoms with van der Waals surface area (Å²) in [6.45, 7) is 6.11. The summed E-state index contributed by atoms with van der Waals surface area (Å²) in [4.78, 5) is 44.4. The highest BCUT2D eigenvalue weighted by molar-refractivity contribution is 7.18. The molecule has 0 spiro atoms. The fourth-order valence-corrected chi connectivity index (χ4v) is 5.17. The Kier molecular flexibility index (Phi) is 7.63. The van der Waals surface area contributed by atoms with Crippen molar-refractivity contribution in [1.82, 2.24) is 34.7 Å². The SMILES string of the molecule is CC(C)(C)OC(=O)N1CC[C@H](O)[C@H]1C(=O)NCCn1cnc2cnc(Nc3ncc(-c4ncccc4F)s3)cc21. The first kappa shape index (κ1) is 27.4. The molecule has 1 saturated heterocycles. The number of hydrogen-bond donors (Lipinski definition) is 3. The molecule has 0 aromatic carbocycles. The van der Waals surface area contributed by atoms with Gasteiger partial charge in [0, 0.05) is 38.1 Å². The van der Waals surface area contributed by atoms with Crippen LogP contribution in [0.5, 0.6) is 0 Å². The van der Waals surface area contributed by atoms with Gasteiger partial charge in [0.25, 0.3) is 0 Å². The van der Waals surface area contributed by atoms with Crippen LogP contribution in [0.25, 0.3) is 21.6 Å². The van der Waals surface area contributed by atoms with Gasteiger partial charge < -0.3 is 25.0 Å². The minimum atomic E-state index is -1.02. The van der Waals surface area contributed by atoms with E-state index >= 15 is 0 Å². The van der Waals surface area contributed by atoms with Crippen molar-refractivity contribution in [3.63, 3.8) is 0 Å². The second kappa shape index (κ2) is 11.1. The minimum absolute atomic E-state index is 0.232. The molecule has 40 heavy (non-hydrogen) atoms. The van der Waals surface area contributed by atoms with Crippen molar-refractivity contribution >= 4 is 45.3 Å². The summed E-state index contributed by atoms with van der Waals surface area (Å²) in [5.41, 5.74) is 0.955. The minimum Gasteiger partial charge on any atom is -0.444 e. The number of imidazole rings is 1. The van der Waals surface area contributed by atoms with Gasteiger partial charge in [-0.3, -0.25) is 14.7 Å². The van der Waals surface area contributed by atoms with Crippen LogP contribution < -0.4 is 10.6 Å². The number of pyridine rings is 2. The van der Waals surface area contributed by atoms with Crippen LogP contribution in [-0.4, -0.2) is 77.3 Å². The Morgan fingerprint density at radius 1 is 1.23 bits per heavy atom. The third-order valence-electron chi connectivity index (χ3n) is 6.15. The highest BCUT2D eigenvalue weighted by atomic mass is 32.1. The molecule has 3 N–H and O–H groups in total. The van der Waals surface area contributed by atoms with Crippen LogP contribution in [0.15, 0.2) is 43.1 Å². The lowest BCUT2D eigenvalue weighted by Crippen LogP contribution is -2.51. The molecule has 2 atom stereocenters. The maximum Gasteiger partial charge on any atom is 0.411 e. The van der Waals surface area contributed by atoms with Crippen molar-refractivity contribution in [3.8, 4) is 10.6 Å². The number of amides is 2. The molecule has 1 aliphatic heterocycles. The lowest BCUT2D eigenvalue weighted by atomic mass is 10.1. The van der Waals surface area contributed by atoms with E-state index in [1.807, 2.05) is 4.57 Å². The molecule has 5 heterocycles. The number of nitrogens with zero attached hydrogens (tertiary/aromatic N) is 6. The van der Waals surface area contributed by atoms with Gasteiger partial charge in [-0.2, -0.15) is 0 Å². The first-order valence-corrected chi connectivity index (χ1v) is 13.5.